The van der Waals surface area contributed by atoms with Crippen molar-refractivity contribution in [3.05, 3.63) is 0 Å². The molecule has 1 atom stereocenters. The second kappa shape index (κ2) is 6.09. The summed E-state index contributed by atoms with van der Waals surface area (Å²) < 4.78 is 9.78. The Morgan fingerprint density at radius 3 is 3.07 bits per heavy atom. The standard InChI is InChI=1S/C9H16ClNO3/c1-13-6-8-3-2-4-11(5-8)9(12)14-7-10/h8H,2-7H2,1H3. The van der Waals surface area contributed by atoms with Gasteiger partial charge in [-0.25, -0.2) is 4.79 Å². The van der Waals surface area contributed by atoms with Gasteiger partial charge in [0.05, 0.1) is 6.61 Å². The van der Waals surface area contributed by atoms with E-state index in [9.17, 15) is 4.79 Å². The minimum atomic E-state index is -0.319. The fourth-order valence-corrected chi connectivity index (χ4v) is 1.83. The summed E-state index contributed by atoms with van der Waals surface area (Å²) in [6.45, 7) is 2.17. The highest BCUT2D eigenvalue weighted by atomic mass is 35.5. The van der Waals surface area contributed by atoms with Crippen molar-refractivity contribution in [3.63, 3.8) is 0 Å². The molecule has 4 nitrogen and oxygen atoms in total. The van der Waals surface area contributed by atoms with Crippen molar-refractivity contribution in [2.75, 3.05) is 32.9 Å². The topological polar surface area (TPSA) is 38.8 Å². The molecule has 1 unspecified atom stereocenters. The molecule has 0 bridgehead atoms. The van der Waals surface area contributed by atoms with Gasteiger partial charge in [-0.2, -0.15) is 0 Å². The monoisotopic (exact) mass is 221 g/mol. The normalized spacial score (nSPS) is 22.1. The number of alkyl halides is 1. The van der Waals surface area contributed by atoms with Crippen LogP contribution < -0.4 is 0 Å². The zero-order chi connectivity index (χ0) is 10.4. The van der Waals surface area contributed by atoms with Crippen molar-refractivity contribution in [2.24, 2.45) is 5.92 Å². The molecule has 1 aliphatic rings. The van der Waals surface area contributed by atoms with Crippen LogP contribution in [-0.4, -0.2) is 43.9 Å². The van der Waals surface area contributed by atoms with Gasteiger partial charge < -0.3 is 14.4 Å². The number of hydrogen-bond donors (Lipinski definition) is 0. The molecular weight excluding hydrogens is 206 g/mol. The number of carbonyl (C=O) groups is 1. The molecule has 0 spiro atoms. The van der Waals surface area contributed by atoms with E-state index < -0.39 is 0 Å². The first-order chi connectivity index (χ1) is 6.77. The number of piperidine rings is 1. The van der Waals surface area contributed by atoms with Crippen LogP contribution in [-0.2, 0) is 9.47 Å². The van der Waals surface area contributed by atoms with Gasteiger partial charge in [0.15, 0.2) is 6.07 Å². The van der Waals surface area contributed by atoms with Crippen molar-refractivity contribution >= 4 is 17.7 Å². The molecule has 14 heavy (non-hydrogen) atoms. The molecule has 0 N–H and O–H groups in total. The number of amides is 1. The average Bonchev–Trinajstić information content (AvgIpc) is 2.19. The van der Waals surface area contributed by atoms with E-state index in [1.54, 1.807) is 12.0 Å². The largest absolute Gasteiger partial charge is 0.433 e. The van der Waals surface area contributed by atoms with Crippen LogP contribution in [0.5, 0.6) is 0 Å². The molecule has 82 valence electrons. The third kappa shape index (κ3) is 3.35. The van der Waals surface area contributed by atoms with E-state index in [1.165, 1.54) is 0 Å². The van der Waals surface area contributed by atoms with Crippen molar-refractivity contribution in [1.82, 2.24) is 4.90 Å². The molecule has 0 aromatic heterocycles. The fraction of sp³-hybridized carbons (Fsp3) is 0.889. The van der Waals surface area contributed by atoms with Gasteiger partial charge in [0.1, 0.15) is 0 Å². The van der Waals surface area contributed by atoms with E-state index in [1.807, 2.05) is 0 Å². The predicted molar refractivity (Wildman–Crippen MR) is 53.4 cm³/mol. The maximum absolute atomic E-state index is 11.3. The van der Waals surface area contributed by atoms with Crippen LogP contribution >= 0.6 is 11.6 Å². The minimum Gasteiger partial charge on any atom is -0.433 e. The molecule has 0 aromatic carbocycles. The fourth-order valence-electron chi connectivity index (χ4n) is 1.74. The van der Waals surface area contributed by atoms with Gasteiger partial charge in [-0.05, 0) is 12.8 Å². The third-order valence-corrected chi connectivity index (χ3v) is 2.47. The lowest BCUT2D eigenvalue weighted by atomic mass is 9.99. The first kappa shape index (κ1) is 11.6. The summed E-state index contributed by atoms with van der Waals surface area (Å²) in [5.41, 5.74) is 0. The van der Waals surface area contributed by atoms with Gasteiger partial charge in [0, 0.05) is 26.1 Å². The molecule has 0 saturated carbocycles. The van der Waals surface area contributed by atoms with Crippen molar-refractivity contribution in [2.45, 2.75) is 12.8 Å². The van der Waals surface area contributed by atoms with E-state index in [0.29, 0.717) is 19.1 Å². The average molecular weight is 222 g/mol. The van der Waals surface area contributed by atoms with Crippen LogP contribution in [0.4, 0.5) is 4.79 Å². The summed E-state index contributed by atoms with van der Waals surface area (Å²) in [6, 6.07) is -0.0791. The maximum Gasteiger partial charge on any atom is 0.410 e. The molecule has 0 aliphatic carbocycles. The van der Waals surface area contributed by atoms with Gasteiger partial charge in [-0.15, -0.1) is 0 Å². The van der Waals surface area contributed by atoms with E-state index in [4.69, 9.17) is 21.1 Å². The number of likely N-dealkylation sites (tertiary alicyclic amines) is 1. The molecular formula is C9H16ClNO3. The molecule has 0 radical (unpaired) electrons. The van der Waals surface area contributed by atoms with Gasteiger partial charge in [-0.1, -0.05) is 11.6 Å². The lowest BCUT2D eigenvalue weighted by molar-refractivity contribution is 0.0710. The number of hydrogen-bond acceptors (Lipinski definition) is 3. The lowest BCUT2D eigenvalue weighted by Gasteiger charge is -2.31. The summed E-state index contributed by atoms with van der Waals surface area (Å²) >= 11 is 5.32. The summed E-state index contributed by atoms with van der Waals surface area (Å²) in [5.74, 6) is 0.427. The Labute approximate surface area is 89.1 Å². The van der Waals surface area contributed by atoms with E-state index in [-0.39, 0.29) is 12.2 Å². The Bertz CT molecular complexity index is 187. The van der Waals surface area contributed by atoms with Crippen molar-refractivity contribution < 1.29 is 14.3 Å². The summed E-state index contributed by atoms with van der Waals surface area (Å²) in [5, 5.41) is 0. The van der Waals surface area contributed by atoms with Gasteiger partial charge in [-0.3, -0.25) is 0 Å². The smallest absolute Gasteiger partial charge is 0.410 e. The number of methoxy groups -OCH3 is 1. The Balaban J connectivity index is 2.35. The number of rotatable bonds is 3. The molecule has 1 amide bonds. The summed E-state index contributed by atoms with van der Waals surface area (Å²) in [6.07, 6.45) is 1.80. The first-order valence-corrected chi connectivity index (χ1v) is 5.28. The summed E-state index contributed by atoms with van der Waals surface area (Å²) in [7, 11) is 1.68. The van der Waals surface area contributed by atoms with Crippen LogP contribution in [0, 0.1) is 5.92 Å². The number of halogens is 1. The van der Waals surface area contributed by atoms with E-state index >= 15 is 0 Å². The number of ether oxygens (including phenoxy) is 2. The molecule has 1 heterocycles. The number of nitrogens with zero attached hydrogens (tertiary/aromatic N) is 1. The second-order valence-corrected chi connectivity index (χ2v) is 3.65. The van der Waals surface area contributed by atoms with Crippen molar-refractivity contribution in [3.8, 4) is 0 Å². The van der Waals surface area contributed by atoms with Crippen molar-refractivity contribution in [1.29, 1.82) is 0 Å². The summed E-state index contributed by atoms with van der Waals surface area (Å²) in [4.78, 5) is 13.0. The van der Waals surface area contributed by atoms with E-state index in [0.717, 1.165) is 19.4 Å². The van der Waals surface area contributed by atoms with Crippen LogP contribution in [0.15, 0.2) is 0 Å². The Kier molecular flexibility index (Phi) is 5.04. The molecule has 1 saturated heterocycles. The zero-order valence-electron chi connectivity index (χ0n) is 8.37. The van der Waals surface area contributed by atoms with Gasteiger partial charge in [0.25, 0.3) is 0 Å². The van der Waals surface area contributed by atoms with E-state index in [2.05, 4.69) is 0 Å². The second-order valence-electron chi connectivity index (χ2n) is 3.43. The Morgan fingerprint density at radius 2 is 2.43 bits per heavy atom. The van der Waals surface area contributed by atoms with Crippen LogP contribution in [0.3, 0.4) is 0 Å². The molecule has 1 fully saturated rings. The predicted octanol–water partition coefficient (Wildman–Crippen LogP) is 1.68. The molecule has 1 rings (SSSR count). The van der Waals surface area contributed by atoms with Crippen LogP contribution in [0.2, 0.25) is 0 Å². The first-order valence-electron chi connectivity index (χ1n) is 4.74. The Hall–Kier alpha value is -0.480. The van der Waals surface area contributed by atoms with Gasteiger partial charge >= 0.3 is 6.09 Å². The number of carbonyl (C=O) groups excluding carboxylic acids is 1. The minimum absolute atomic E-state index is 0.0791. The van der Waals surface area contributed by atoms with Gasteiger partial charge in [0.2, 0.25) is 0 Å². The lowest BCUT2D eigenvalue weighted by Crippen LogP contribution is -2.41. The third-order valence-electron chi connectivity index (χ3n) is 2.36. The SMILES string of the molecule is COCC1CCCN(C(=O)OCCl)C1. The maximum atomic E-state index is 11.3. The van der Waals surface area contributed by atoms with Crippen LogP contribution in [0.1, 0.15) is 12.8 Å². The van der Waals surface area contributed by atoms with Crippen LogP contribution in [0.25, 0.3) is 0 Å². The molecule has 0 aromatic rings. The highest BCUT2D eigenvalue weighted by molar-refractivity contribution is 6.17. The highest BCUT2D eigenvalue weighted by Crippen LogP contribution is 2.17. The quantitative estimate of drug-likeness (QED) is 0.681. The highest BCUT2D eigenvalue weighted by Gasteiger charge is 2.24. The zero-order valence-corrected chi connectivity index (χ0v) is 9.13. The molecule has 1 aliphatic heterocycles. The molecule has 5 heteroatoms. The Morgan fingerprint density at radius 1 is 1.64 bits per heavy atom.